The molecule has 0 saturated carbocycles. The number of aryl methyl sites for hydroxylation is 1. The lowest BCUT2D eigenvalue weighted by molar-refractivity contribution is 0.579. The highest BCUT2D eigenvalue weighted by atomic mass is 35.5. The quantitative estimate of drug-likeness (QED) is 0.368. The van der Waals surface area contributed by atoms with Gasteiger partial charge in [0.1, 0.15) is 11.6 Å². The lowest BCUT2D eigenvalue weighted by Gasteiger charge is -2.13. The van der Waals surface area contributed by atoms with E-state index in [1.807, 2.05) is 12.3 Å². The van der Waals surface area contributed by atoms with Crippen LogP contribution in [0.15, 0.2) is 53.0 Å². The van der Waals surface area contributed by atoms with Gasteiger partial charge in [0.05, 0.1) is 29.2 Å². The molecule has 0 aliphatic carbocycles. The van der Waals surface area contributed by atoms with E-state index in [2.05, 4.69) is 25.3 Å². The zero-order valence-electron chi connectivity index (χ0n) is 16.2. The molecule has 0 atom stereocenters. The van der Waals surface area contributed by atoms with Crippen molar-refractivity contribution in [1.29, 1.82) is 0 Å². The van der Waals surface area contributed by atoms with Gasteiger partial charge in [-0.15, -0.1) is 11.3 Å². The summed E-state index contributed by atoms with van der Waals surface area (Å²) in [5.74, 6) is -1.01. The van der Waals surface area contributed by atoms with E-state index < -0.39 is 11.6 Å². The SMILES string of the molecule is C.Cc1csc(Nc2ncc3c(n2)-c2ccc(Cl)cc2C(c2c(F)cccc2F)=NC3)n1. The Morgan fingerprint density at radius 2 is 1.84 bits per heavy atom. The third-order valence-electron chi connectivity index (χ3n) is 4.80. The Morgan fingerprint density at radius 3 is 2.56 bits per heavy atom. The first-order valence-corrected chi connectivity index (χ1v) is 10.6. The first kappa shape index (κ1) is 22.0. The van der Waals surface area contributed by atoms with Crippen molar-refractivity contribution < 1.29 is 8.78 Å². The third kappa shape index (κ3) is 3.99. The number of fused-ring (bicyclic) bond motifs is 3. The molecule has 9 heteroatoms. The highest BCUT2D eigenvalue weighted by molar-refractivity contribution is 7.13. The second kappa shape index (κ2) is 8.72. The number of anilines is 2. The number of hydrogen-bond acceptors (Lipinski definition) is 6. The lowest BCUT2D eigenvalue weighted by Crippen LogP contribution is -2.10. The van der Waals surface area contributed by atoms with Gasteiger partial charge in [-0.25, -0.2) is 23.7 Å². The van der Waals surface area contributed by atoms with Crippen molar-refractivity contribution in [1.82, 2.24) is 15.0 Å². The van der Waals surface area contributed by atoms with Crippen LogP contribution < -0.4 is 5.32 Å². The molecule has 162 valence electrons. The zero-order chi connectivity index (χ0) is 21.5. The average Bonchev–Trinajstić information content (AvgIpc) is 3.08. The van der Waals surface area contributed by atoms with E-state index in [0.29, 0.717) is 32.9 Å². The fourth-order valence-electron chi connectivity index (χ4n) is 3.43. The summed E-state index contributed by atoms with van der Waals surface area (Å²) in [5.41, 5.74) is 3.42. The summed E-state index contributed by atoms with van der Waals surface area (Å²) in [6.45, 7) is 2.07. The molecule has 5 rings (SSSR count). The molecule has 0 saturated heterocycles. The Balaban J connectivity index is 0.00000245. The van der Waals surface area contributed by atoms with Crippen LogP contribution in [-0.2, 0) is 6.54 Å². The van der Waals surface area contributed by atoms with Crippen LogP contribution in [0.1, 0.15) is 29.8 Å². The maximum atomic E-state index is 14.6. The van der Waals surface area contributed by atoms with Crippen molar-refractivity contribution >= 4 is 39.7 Å². The number of benzene rings is 2. The van der Waals surface area contributed by atoms with E-state index in [4.69, 9.17) is 11.6 Å². The largest absolute Gasteiger partial charge is 0.300 e. The molecule has 1 aliphatic rings. The fraction of sp³-hybridized carbons (Fsp3) is 0.130. The molecular weight excluding hydrogens is 452 g/mol. The molecule has 4 aromatic rings. The van der Waals surface area contributed by atoms with Gasteiger partial charge in [0.15, 0.2) is 5.13 Å². The maximum Gasteiger partial charge on any atom is 0.229 e. The molecule has 5 nitrogen and oxygen atoms in total. The van der Waals surface area contributed by atoms with Gasteiger partial charge in [-0.2, -0.15) is 0 Å². The van der Waals surface area contributed by atoms with Crippen LogP contribution in [0.3, 0.4) is 0 Å². The molecule has 2 aromatic carbocycles. The number of aliphatic imine (C=N–C) groups is 1. The van der Waals surface area contributed by atoms with Gasteiger partial charge < -0.3 is 5.32 Å². The number of nitrogens with zero attached hydrogens (tertiary/aromatic N) is 4. The van der Waals surface area contributed by atoms with Crippen molar-refractivity contribution in [3.63, 3.8) is 0 Å². The Labute approximate surface area is 192 Å². The number of thiazole rings is 1. The van der Waals surface area contributed by atoms with Crippen LogP contribution in [0.5, 0.6) is 0 Å². The van der Waals surface area contributed by atoms with E-state index >= 15 is 0 Å². The van der Waals surface area contributed by atoms with Gasteiger partial charge in [0.2, 0.25) is 5.95 Å². The number of nitrogens with one attached hydrogen (secondary N) is 1. The van der Waals surface area contributed by atoms with E-state index in [0.717, 1.165) is 11.3 Å². The maximum absolute atomic E-state index is 14.6. The van der Waals surface area contributed by atoms with E-state index in [1.54, 1.807) is 24.4 Å². The average molecular weight is 470 g/mol. The van der Waals surface area contributed by atoms with Crippen LogP contribution in [-0.4, -0.2) is 20.7 Å². The molecule has 3 heterocycles. The Kier molecular flexibility index (Phi) is 5.99. The van der Waals surface area contributed by atoms with Crippen molar-refractivity contribution in [3.8, 4) is 11.3 Å². The van der Waals surface area contributed by atoms with E-state index in [9.17, 15) is 8.78 Å². The molecule has 0 unspecified atom stereocenters. The molecule has 0 spiro atoms. The third-order valence-corrected chi connectivity index (χ3v) is 5.91. The zero-order valence-corrected chi connectivity index (χ0v) is 17.7. The van der Waals surface area contributed by atoms with Gasteiger partial charge in [0, 0.05) is 33.3 Å². The highest BCUT2D eigenvalue weighted by Gasteiger charge is 2.25. The minimum atomic E-state index is -0.691. The molecule has 0 fully saturated rings. The highest BCUT2D eigenvalue weighted by Crippen LogP contribution is 2.34. The molecule has 2 aromatic heterocycles. The molecule has 1 N–H and O–H groups in total. The van der Waals surface area contributed by atoms with Gasteiger partial charge in [-0.05, 0) is 31.2 Å². The lowest BCUT2D eigenvalue weighted by atomic mass is 9.95. The summed E-state index contributed by atoms with van der Waals surface area (Å²) in [6.07, 6.45) is 1.66. The van der Waals surface area contributed by atoms with Crippen LogP contribution >= 0.6 is 22.9 Å². The van der Waals surface area contributed by atoms with Gasteiger partial charge in [-0.1, -0.05) is 31.2 Å². The molecule has 0 radical (unpaired) electrons. The Bertz CT molecular complexity index is 1330. The number of hydrogen-bond donors (Lipinski definition) is 1. The second-order valence-electron chi connectivity index (χ2n) is 6.94. The minimum Gasteiger partial charge on any atom is -0.300 e. The molecule has 32 heavy (non-hydrogen) atoms. The smallest absolute Gasteiger partial charge is 0.229 e. The van der Waals surface area contributed by atoms with Crippen LogP contribution in [0.4, 0.5) is 19.9 Å². The number of aromatic nitrogens is 3. The summed E-state index contributed by atoms with van der Waals surface area (Å²) in [4.78, 5) is 17.9. The predicted octanol–water partition coefficient (Wildman–Crippen LogP) is 6.57. The summed E-state index contributed by atoms with van der Waals surface area (Å²) in [5, 5.41) is 6.12. The molecule has 0 amide bonds. The summed E-state index contributed by atoms with van der Waals surface area (Å²) >= 11 is 7.68. The Hall–Kier alpha value is -3.23. The molecule has 0 bridgehead atoms. The van der Waals surface area contributed by atoms with Crippen LogP contribution in [0, 0.1) is 18.6 Å². The normalized spacial score (nSPS) is 12.2. The summed E-state index contributed by atoms with van der Waals surface area (Å²) < 4.78 is 29.2. The number of halogens is 3. The number of rotatable bonds is 3. The van der Waals surface area contributed by atoms with Gasteiger partial charge >= 0.3 is 0 Å². The van der Waals surface area contributed by atoms with Crippen molar-refractivity contribution in [2.45, 2.75) is 20.9 Å². The summed E-state index contributed by atoms with van der Waals surface area (Å²) in [7, 11) is 0. The van der Waals surface area contributed by atoms with Crippen molar-refractivity contribution in [2.24, 2.45) is 4.99 Å². The van der Waals surface area contributed by atoms with Crippen molar-refractivity contribution in [3.05, 3.63) is 87.0 Å². The Morgan fingerprint density at radius 1 is 1.06 bits per heavy atom. The van der Waals surface area contributed by atoms with Crippen LogP contribution in [0.25, 0.3) is 11.3 Å². The first-order valence-electron chi connectivity index (χ1n) is 9.34. The second-order valence-corrected chi connectivity index (χ2v) is 8.23. The summed E-state index contributed by atoms with van der Waals surface area (Å²) in [6, 6.07) is 8.88. The minimum absolute atomic E-state index is 0. The van der Waals surface area contributed by atoms with E-state index in [-0.39, 0.29) is 25.2 Å². The fourth-order valence-corrected chi connectivity index (χ4v) is 4.28. The predicted molar refractivity (Wildman–Crippen MR) is 125 cm³/mol. The molecular formula is C23H18ClF2N5S. The standard InChI is InChI=1S/C22H14ClF2N5S.CH4/c1-11-10-31-22(28-11)30-21-27-9-12-8-26-20(18-16(24)3-2-4-17(18)25)15-7-13(23)5-6-14(15)19(12)29-21;/h2-7,9-10H,8H2,1H3,(H,27,28,29,30);1H4. The van der Waals surface area contributed by atoms with Crippen LogP contribution in [0.2, 0.25) is 5.02 Å². The van der Waals surface area contributed by atoms with E-state index in [1.165, 1.54) is 29.5 Å². The van der Waals surface area contributed by atoms with Gasteiger partial charge in [-0.3, -0.25) is 4.99 Å². The molecule has 1 aliphatic heterocycles. The topological polar surface area (TPSA) is 63.1 Å². The van der Waals surface area contributed by atoms with Crippen molar-refractivity contribution in [2.75, 3.05) is 5.32 Å². The first-order chi connectivity index (χ1) is 15.0. The van der Waals surface area contributed by atoms with Gasteiger partial charge in [0.25, 0.3) is 0 Å². The monoisotopic (exact) mass is 469 g/mol.